The Hall–Kier alpha value is -2.82. The molecular weight excluding hydrogens is 298 g/mol. The highest BCUT2D eigenvalue weighted by Gasteiger charge is 2.12. The first kappa shape index (κ1) is 16.1. The molecule has 3 aromatic rings. The number of hydrogen-bond donors (Lipinski definition) is 1. The van der Waals surface area contributed by atoms with Crippen LogP contribution in [0.5, 0.6) is 0 Å². The summed E-state index contributed by atoms with van der Waals surface area (Å²) < 4.78 is 0. The molecule has 24 heavy (non-hydrogen) atoms. The molecule has 0 radical (unpaired) electrons. The van der Waals surface area contributed by atoms with Gasteiger partial charge in [-0.2, -0.15) is 0 Å². The van der Waals surface area contributed by atoms with Gasteiger partial charge in [-0.25, -0.2) is 9.97 Å². The molecule has 1 atom stereocenters. The predicted octanol–water partition coefficient (Wildman–Crippen LogP) is 4.03. The van der Waals surface area contributed by atoms with E-state index >= 15 is 0 Å². The molecule has 0 aromatic carbocycles. The Balaban J connectivity index is 1.87. The highest BCUT2D eigenvalue weighted by Crippen LogP contribution is 2.23. The minimum atomic E-state index is 0.0266. The Labute approximate surface area is 142 Å². The minimum Gasteiger partial charge on any atom is -0.346 e. The van der Waals surface area contributed by atoms with E-state index in [-0.39, 0.29) is 6.04 Å². The number of nitrogens with zero attached hydrogens (tertiary/aromatic N) is 4. The fraction of sp³-hybridized carbons (Fsp3) is 0.263. The van der Waals surface area contributed by atoms with Crippen LogP contribution in [0.4, 0.5) is 5.95 Å². The average Bonchev–Trinajstić information content (AvgIpc) is 2.55. The van der Waals surface area contributed by atoms with Gasteiger partial charge in [0.1, 0.15) is 0 Å². The second-order valence-electron chi connectivity index (χ2n) is 5.92. The van der Waals surface area contributed by atoms with Crippen LogP contribution < -0.4 is 5.32 Å². The molecule has 0 amide bonds. The van der Waals surface area contributed by atoms with E-state index in [4.69, 9.17) is 0 Å². The fourth-order valence-electron chi connectivity index (χ4n) is 2.75. The van der Waals surface area contributed by atoms with Crippen molar-refractivity contribution in [2.75, 3.05) is 5.32 Å². The van der Waals surface area contributed by atoms with Crippen molar-refractivity contribution >= 4 is 5.95 Å². The summed E-state index contributed by atoms with van der Waals surface area (Å²) in [4.78, 5) is 17.9. The molecule has 5 nitrogen and oxygen atoms in total. The molecular formula is C19H21N5. The summed E-state index contributed by atoms with van der Waals surface area (Å²) >= 11 is 0. The maximum atomic E-state index is 4.64. The third kappa shape index (κ3) is 3.40. The zero-order valence-electron chi connectivity index (χ0n) is 14.4. The van der Waals surface area contributed by atoms with Crippen LogP contribution in [0.1, 0.15) is 35.6 Å². The van der Waals surface area contributed by atoms with Crippen molar-refractivity contribution in [3.8, 4) is 11.3 Å². The molecule has 0 aliphatic rings. The summed E-state index contributed by atoms with van der Waals surface area (Å²) in [6.45, 7) is 8.10. The van der Waals surface area contributed by atoms with Crippen LogP contribution in [0.3, 0.4) is 0 Å². The lowest BCUT2D eigenvalue weighted by atomic mass is 10.1. The van der Waals surface area contributed by atoms with E-state index in [1.54, 1.807) is 12.4 Å². The van der Waals surface area contributed by atoms with Gasteiger partial charge in [0.2, 0.25) is 5.95 Å². The Morgan fingerprint density at radius 2 is 1.75 bits per heavy atom. The number of rotatable bonds is 4. The standard InChI is InChI=1S/C19H21N5/c1-12-6-5-10-20-18(12)15(4)23-19-21-11-9-17(24-19)16-8-7-13(2)22-14(16)3/h5-11,15H,1-4H3,(H,21,23,24). The van der Waals surface area contributed by atoms with Gasteiger partial charge >= 0.3 is 0 Å². The lowest BCUT2D eigenvalue weighted by Crippen LogP contribution is -2.12. The Morgan fingerprint density at radius 1 is 0.917 bits per heavy atom. The lowest BCUT2D eigenvalue weighted by Gasteiger charge is -2.15. The van der Waals surface area contributed by atoms with E-state index in [9.17, 15) is 0 Å². The molecule has 5 heteroatoms. The van der Waals surface area contributed by atoms with Gasteiger partial charge in [-0.1, -0.05) is 6.07 Å². The summed E-state index contributed by atoms with van der Waals surface area (Å²) in [7, 11) is 0. The van der Waals surface area contributed by atoms with Crippen molar-refractivity contribution in [3.63, 3.8) is 0 Å². The minimum absolute atomic E-state index is 0.0266. The smallest absolute Gasteiger partial charge is 0.223 e. The van der Waals surface area contributed by atoms with Crippen molar-refractivity contribution in [1.29, 1.82) is 0 Å². The summed E-state index contributed by atoms with van der Waals surface area (Å²) in [5.41, 5.74) is 6.00. The van der Waals surface area contributed by atoms with Crippen molar-refractivity contribution in [1.82, 2.24) is 19.9 Å². The van der Waals surface area contributed by atoms with Crippen molar-refractivity contribution in [2.24, 2.45) is 0 Å². The number of aryl methyl sites for hydroxylation is 3. The molecule has 1 unspecified atom stereocenters. The van der Waals surface area contributed by atoms with E-state index < -0.39 is 0 Å². The molecule has 1 N–H and O–H groups in total. The summed E-state index contributed by atoms with van der Waals surface area (Å²) in [6.07, 6.45) is 3.57. The molecule has 122 valence electrons. The molecule has 0 bridgehead atoms. The first-order valence-corrected chi connectivity index (χ1v) is 8.00. The van der Waals surface area contributed by atoms with Gasteiger partial charge in [-0.3, -0.25) is 9.97 Å². The number of nitrogens with one attached hydrogen (secondary N) is 1. The molecule has 0 saturated heterocycles. The maximum absolute atomic E-state index is 4.64. The van der Waals surface area contributed by atoms with Gasteiger partial charge in [-0.05, 0) is 57.5 Å². The van der Waals surface area contributed by atoms with Gasteiger partial charge < -0.3 is 5.32 Å². The quantitative estimate of drug-likeness (QED) is 0.786. The van der Waals surface area contributed by atoms with Gasteiger partial charge in [0.15, 0.2) is 0 Å². The van der Waals surface area contributed by atoms with E-state index in [0.29, 0.717) is 5.95 Å². The fourth-order valence-corrected chi connectivity index (χ4v) is 2.75. The Morgan fingerprint density at radius 3 is 2.50 bits per heavy atom. The Kier molecular flexibility index (Phi) is 4.51. The van der Waals surface area contributed by atoms with Crippen LogP contribution in [0.15, 0.2) is 42.7 Å². The van der Waals surface area contributed by atoms with Gasteiger partial charge in [0, 0.05) is 29.3 Å². The molecule has 3 rings (SSSR count). The third-order valence-corrected chi connectivity index (χ3v) is 3.96. The number of anilines is 1. The molecule has 3 heterocycles. The number of aromatic nitrogens is 4. The molecule has 0 saturated carbocycles. The van der Waals surface area contributed by atoms with Crippen molar-refractivity contribution < 1.29 is 0 Å². The van der Waals surface area contributed by atoms with Crippen molar-refractivity contribution in [3.05, 3.63) is 65.4 Å². The molecule has 0 aliphatic carbocycles. The number of hydrogen-bond acceptors (Lipinski definition) is 5. The lowest BCUT2D eigenvalue weighted by molar-refractivity contribution is 0.812. The largest absolute Gasteiger partial charge is 0.346 e. The summed E-state index contributed by atoms with van der Waals surface area (Å²) in [6, 6.07) is 9.97. The van der Waals surface area contributed by atoms with Crippen molar-refractivity contribution in [2.45, 2.75) is 33.7 Å². The summed E-state index contributed by atoms with van der Waals surface area (Å²) in [5, 5.41) is 3.33. The Bertz CT molecular complexity index is 860. The number of pyridine rings is 2. The SMILES string of the molecule is Cc1ccc(-c2ccnc(NC(C)c3ncccc3C)n2)c(C)n1. The van der Waals surface area contributed by atoms with Crippen LogP contribution in [-0.2, 0) is 0 Å². The van der Waals surface area contributed by atoms with Crippen LogP contribution in [0.2, 0.25) is 0 Å². The second-order valence-corrected chi connectivity index (χ2v) is 5.92. The van der Waals surface area contributed by atoms with E-state index in [0.717, 1.165) is 33.9 Å². The predicted molar refractivity (Wildman–Crippen MR) is 95.7 cm³/mol. The van der Waals surface area contributed by atoms with Crippen LogP contribution in [-0.4, -0.2) is 19.9 Å². The van der Waals surface area contributed by atoms with E-state index in [1.165, 1.54) is 0 Å². The van der Waals surface area contributed by atoms with E-state index in [1.807, 2.05) is 32.0 Å². The summed E-state index contributed by atoms with van der Waals surface area (Å²) in [5.74, 6) is 0.588. The molecule has 3 aromatic heterocycles. The highest BCUT2D eigenvalue weighted by atomic mass is 15.1. The highest BCUT2D eigenvalue weighted by molar-refractivity contribution is 5.62. The maximum Gasteiger partial charge on any atom is 0.223 e. The second kappa shape index (κ2) is 6.74. The third-order valence-electron chi connectivity index (χ3n) is 3.96. The molecule has 0 fully saturated rings. The normalized spacial score (nSPS) is 12.0. The zero-order chi connectivity index (χ0) is 17.1. The average molecular weight is 319 g/mol. The van der Waals surface area contributed by atoms with Crippen LogP contribution >= 0.6 is 0 Å². The zero-order valence-corrected chi connectivity index (χ0v) is 14.4. The van der Waals surface area contributed by atoms with E-state index in [2.05, 4.69) is 51.2 Å². The topological polar surface area (TPSA) is 63.6 Å². The monoisotopic (exact) mass is 319 g/mol. The van der Waals surface area contributed by atoms with Gasteiger partial charge in [0.25, 0.3) is 0 Å². The van der Waals surface area contributed by atoms with Crippen LogP contribution in [0.25, 0.3) is 11.3 Å². The first-order valence-electron chi connectivity index (χ1n) is 8.00. The van der Waals surface area contributed by atoms with Gasteiger partial charge in [0.05, 0.1) is 17.4 Å². The first-order chi connectivity index (χ1) is 11.5. The molecule has 0 aliphatic heterocycles. The van der Waals surface area contributed by atoms with Crippen LogP contribution in [0, 0.1) is 20.8 Å². The van der Waals surface area contributed by atoms with Gasteiger partial charge in [-0.15, -0.1) is 0 Å². The molecule has 0 spiro atoms.